The molecule has 0 saturated carbocycles. The number of carbonyl (C=O) groups excluding carboxylic acids is 3. The van der Waals surface area contributed by atoms with Crippen LogP contribution in [0.4, 0.5) is 9.18 Å². The molecule has 5 rings (SSSR count). The van der Waals surface area contributed by atoms with E-state index in [0.29, 0.717) is 25.4 Å². The van der Waals surface area contributed by atoms with Crippen molar-refractivity contribution >= 4 is 80.1 Å². The van der Waals surface area contributed by atoms with Crippen LogP contribution in [0.2, 0.25) is 0 Å². The molecule has 1 fully saturated rings. The lowest BCUT2D eigenvalue weighted by molar-refractivity contribution is -0.136. The molecule has 2 aliphatic heterocycles. The summed E-state index contributed by atoms with van der Waals surface area (Å²) in [4.78, 5) is 41.6. The number of ether oxygens (including phenoxy) is 1. The normalized spacial score (nSPS) is 16.2. The van der Waals surface area contributed by atoms with Gasteiger partial charge in [0.15, 0.2) is 0 Å². The number of imide groups is 1. The second-order valence-corrected chi connectivity index (χ2v) is 12.1. The minimum Gasteiger partial charge on any atom is -0.487 e. The van der Waals surface area contributed by atoms with Crippen LogP contribution < -0.4 is 4.74 Å². The Hall–Kier alpha value is -2.45. The highest BCUT2D eigenvalue weighted by Gasteiger charge is 2.37. The lowest BCUT2D eigenvalue weighted by Crippen LogP contribution is -2.44. The van der Waals surface area contributed by atoms with Crippen LogP contribution in [0.15, 0.2) is 65.6 Å². The third-order valence-electron chi connectivity index (χ3n) is 6.27. The van der Waals surface area contributed by atoms with Gasteiger partial charge in [0.25, 0.3) is 11.1 Å². The zero-order valence-corrected chi connectivity index (χ0v) is 25.1. The first-order chi connectivity index (χ1) is 18.3. The van der Waals surface area contributed by atoms with E-state index in [4.69, 9.17) is 4.74 Å². The SMILES string of the molecule is O=C(CN1C(=O)S/C(=C\c2cc(I)c(OCc3ccc(F)cc3)c(I)c2)C1=O)N1CCc2ccccc2C1. The summed E-state index contributed by atoms with van der Waals surface area (Å²) in [6.07, 6.45) is 2.42. The van der Waals surface area contributed by atoms with Crippen molar-refractivity contribution < 1.29 is 23.5 Å². The van der Waals surface area contributed by atoms with E-state index in [1.165, 1.54) is 17.7 Å². The fourth-order valence-corrected chi connectivity index (χ4v) is 7.23. The lowest BCUT2D eigenvalue weighted by atomic mass is 10.00. The van der Waals surface area contributed by atoms with Gasteiger partial charge in [-0.2, -0.15) is 0 Å². The molecule has 0 atom stereocenters. The number of nitrogens with zero attached hydrogens (tertiary/aromatic N) is 2. The zero-order valence-electron chi connectivity index (χ0n) is 20.0. The number of rotatable bonds is 6. The number of hydrogen-bond donors (Lipinski definition) is 0. The molecule has 3 amide bonds. The van der Waals surface area contributed by atoms with Gasteiger partial charge < -0.3 is 9.64 Å². The number of hydrogen-bond acceptors (Lipinski definition) is 5. The van der Waals surface area contributed by atoms with Gasteiger partial charge in [-0.15, -0.1) is 0 Å². The van der Waals surface area contributed by atoms with Crippen molar-refractivity contribution in [2.45, 2.75) is 19.6 Å². The van der Waals surface area contributed by atoms with Crippen LogP contribution in [0, 0.1) is 13.0 Å². The first kappa shape index (κ1) is 27.1. The van der Waals surface area contributed by atoms with Gasteiger partial charge in [-0.05, 0) is 116 Å². The molecule has 2 heterocycles. The van der Waals surface area contributed by atoms with E-state index < -0.39 is 11.1 Å². The van der Waals surface area contributed by atoms with Crippen LogP contribution in [0.3, 0.4) is 0 Å². The Bertz CT molecular complexity index is 1440. The fourth-order valence-electron chi connectivity index (χ4n) is 4.27. The standard InChI is InChI=1S/C28H21FI2N2O4S/c29-21-7-5-17(6-8-21)16-37-26-22(30)11-18(12-23(26)31)13-24-27(35)33(28(36)38-24)15-25(34)32-10-9-19-3-1-2-4-20(19)14-32/h1-8,11-13H,9-10,14-16H2/b24-13-. The van der Waals surface area contributed by atoms with E-state index in [-0.39, 0.29) is 23.2 Å². The molecule has 1 saturated heterocycles. The van der Waals surface area contributed by atoms with Crippen LogP contribution in [0.25, 0.3) is 6.08 Å². The number of benzene rings is 3. The van der Waals surface area contributed by atoms with E-state index in [0.717, 1.165) is 46.9 Å². The van der Waals surface area contributed by atoms with Crippen LogP contribution in [0.5, 0.6) is 5.75 Å². The van der Waals surface area contributed by atoms with Crippen molar-refractivity contribution in [2.24, 2.45) is 0 Å². The largest absolute Gasteiger partial charge is 0.487 e. The highest BCUT2D eigenvalue weighted by atomic mass is 127. The molecule has 0 aromatic heterocycles. The Morgan fingerprint density at radius 3 is 2.42 bits per heavy atom. The average molecular weight is 754 g/mol. The molecule has 0 N–H and O–H groups in total. The van der Waals surface area contributed by atoms with Gasteiger partial charge in [0.2, 0.25) is 5.91 Å². The highest BCUT2D eigenvalue weighted by Crippen LogP contribution is 2.35. The molecule has 0 aliphatic carbocycles. The summed E-state index contributed by atoms with van der Waals surface area (Å²) in [5.41, 5.74) is 3.91. The molecule has 0 radical (unpaired) electrons. The summed E-state index contributed by atoms with van der Waals surface area (Å²) >= 11 is 5.16. The van der Waals surface area contributed by atoms with Crippen LogP contribution in [-0.4, -0.2) is 39.9 Å². The third kappa shape index (κ3) is 6.07. The van der Waals surface area contributed by atoms with Crippen LogP contribution >= 0.6 is 56.9 Å². The molecule has 10 heteroatoms. The molecule has 0 unspecified atom stereocenters. The second-order valence-electron chi connectivity index (χ2n) is 8.83. The van der Waals surface area contributed by atoms with Gasteiger partial charge in [0.1, 0.15) is 24.7 Å². The predicted molar refractivity (Wildman–Crippen MR) is 161 cm³/mol. The van der Waals surface area contributed by atoms with Gasteiger partial charge in [0.05, 0.1) is 12.0 Å². The molecule has 0 spiro atoms. The maximum atomic E-state index is 13.1. The predicted octanol–water partition coefficient (Wildman–Crippen LogP) is 6.24. The van der Waals surface area contributed by atoms with Crippen molar-refractivity contribution in [1.29, 1.82) is 0 Å². The first-order valence-electron chi connectivity index (χ1n) is 11.7. The van der Waals surface area contributed by atoms with Gasteiger partial charge in [0, 0.05) is 13.1 Å². The minimum atomic E-state index is -0.465. The molecular weight excluding hydrogens is 733 g/mol. The molecule has 194 valence electrons. The topological polar surface area (TPSA) is 66.9 Å². The molecule has 0 bridgehead atoms. The Kier molecular flexibility index (Phi) is 8.38. The van der Waals surface area contributed by atoms with Crippen LogP contribution in [0.1, 0.15) is 22.3 Å². The first-order valence-corrected chi connectivity index (χ1v) is 14.7. The molecule has 3 aromatic carbocycles. The second kappa shape index (κ2) is 11.7. The smallest absolute Gasteiger partial charge is 0.294 e. The number of thioether (sulfide) groups is 1. The minimum absolute atomic E-state index is 0.241. The summed E-state index contributed by atoms with van der Waals surface area (Å²) in [5.74, 6) is -0.315. The van der Waals surface area contributed by atoms with Gasteiger partial charge in [-0.25, -0.2) is 4.39 Å². The van der Waals surface area contributed by atoms with E-state index in [9.17, 15) is 18.8 Å². The number of halogens is 3. The van der Waals surface area contributed by atoms with Crippen molar-refractivity contribution in [1.82, 2.24) is 9.80 Å². The molecule has 2 aliphatic rings. The Labute approximate surface area is 250 Å². The zero-order chi connectivity index (χ0) is 26.8. The average Bonchev–Trinajstić information content (AvgIpc) is 3.16. The maximum Gasteiger partial charge on any atom is 0.294 e. The molecule has 38 heavy (non-hydrogen) atoms. The van der Waals surface area contributed by atoms with Crippen LogP contribution in [-0.2, 0) is 29.2 Å². The quantitative estimate of drug-likeness (QED) is 0.221. The Morgan fingerprint density at radius 1 is 1.03 bits per heavy atom. The number of carbonyl (C=O) groups is 3. The Balaban J connectivity index is 1.25. The molecular formula is C28H21FI2N2O4S. The van der Waals surface area contributed by atoms with Crippen molar-refractivity contribution in [3.63, 3.8) is 0 Å². The summed E-state index contributed by atoms with van der Waals surface area (Å²) < 4.78 is 20.8. The number of fused-ring (bicyclic) bond motifs is 1. The molecule has 3 aromatic rings. The summed E-state index contributed by atoms with van der Waals surface area (Å²) in [6.45, 7) is 1.07. The van der Waals surface area contributed by atoms with Crippen molar-refractivity contribution in [3.05, 3.63) is 101 Å². The third-order valence-corrected chi connectivity index (χ3v) is 8.78. The van der Waals surface area contributed by atoms with Crippen molar-refractivity contribution in [2.75, 3.05) is 13.1 Å². The van der Waals surface area contributed by atoms with Gasteiger partial charge in [-0.3, -0.25) is 19.3 Å². The Morgan fingerprint density at radius 2 is 1.71 bits per heavy atom. The highest BCUT2D eigenvalue weighted by molar-refractivity contribution is 14.1. The maximum absolute atomic E-state index is 13.1. The van der Waals surface area contributed by atoms with E-state index >= 15 is 0 Å². The van der Waals surface area contributed by atoms with E-state index in [1.807, 2.05) is 30.3 Å². The summed E-state index contributed by atoms with van der Waals surface area (Å²) in [5, 5.41) is -0.448. The summed E-state index contributed by atoms with van der Waals surface area (Å²) in [7, 11) is 0. The lowest BCUT2D eigenvalue weighted by Gasteiger charge is -2.29. The van der Waals surface area contributed by atoms with Gasteiger partial charge in [-0.1, -0.05) is 36.4 Å². The fraction of sp³-hybridized carbons (Fsp3) is 0.179. The monoisotopic (exact) mass is 754 g/mol. The van der Waals surface area contributed by atoms with E-state index in [2.05, 4.69) is 51.2 Å². The molecule has 6 nitrogen and oxygen atoms in total. The van der Waals surface area contributed by atoms with E-state index in [1.54, 1.807) is 23.1 Å². The summed E-state index contributed by atoms with van der Waals surface area (Å²) in [6, 6.07) is 17.9. The van der Waals surface area contributed by atoms with Gasteiger partial charge >= 0.3 is 0 Å². The number of amides is 3. The van der Waals surface area contributed by atoms with Crippen molar-refractivity contribution in [3.8, 4) is 5.75 Å².